The van der Waals surface area contributed by atoms with E-state index >= 15 is 0 Å². The Morgan fingerprint density at radius 2 is 2.00 bits per heavy atom. The summed E-state index contributed by atoms with van der Waals surface area (Å²) >= 11 is 0. The molecule has 3 fully saturated rings. The van der Waals surface area contributed by atoms with Gasteiger partial charge >= 0.3 is 6.03 Å². The number of nitrogens with one attached hydrogen (secondary N) is 1. The molecule has 0 spiro atoms. The molecule has 1 N–H and O–H groups in total. The van der Waals surface area contributed by atoms with E-state index in [0.29, 0.717) is 12.6 Å². The topological polar surface area (TPSA) is 48.0 Å². The number of amides is 2. The summed E-state index contributed by atoms with van der Waals surface area (Å²) in [6.45, 7) is 7.80. The predicted molar refractivity (Wildman–Crippen MR) is 76.8 cm³/mol. The molecule has 0 aromatic heterocycles. The molecule has 0 aromatic rings. The van der Waals surface area contributed by atoms with Crippen LogP contribution in [0.2, 0.25) is 0 Å². The molecule has 0 aromatic carbocycles. The van der Waals surface area contributed by atoms with Crippen LogP contribution in [-0.4, -0.2) is 92.3 Å². The molecule has 1 atom stereocenters. The summed E-state index contributed by atoms with van der Waals surface area (Å²) in [6, 6.07) is 0.642. The van der Waals surface area contributed by atoms with Gasteiger partial charge in [0.2, 0.25) is 0 Å². The number of likely N-dealkylation sites (tertiary alicyclic amines) is 1. The first-order valence-corrected chi connectivity index (χ1v) is 7.79. The smallest absolute Gasteiger partial charge is 0.317 e. The second-order valence-electron chi connectivity index (χ2n) is 6.22. The maximum Gasteiger partial charge on any atom is 0.317 e. The Hall–Kier alpha value is -0.850. The number of piperazine rings is 1. The molecule has 1 unspecified atom stereocenters. The molecule has 114 valence electrons. The average Bonchev–Trinajstić information content (AvgIpc) is 2.90. The number of carbonyl (C=O) groups is 1. The highest BCUT2D eigenvalue weighted by Crippen LogP contribution is 2.17. The van der Waals surface area contributed by atoms with E-state index < -0.39 is 0 Å². The number of ether oxygens (including phenoxy) is 1. The fourth-order valence-electron chi connectivity index (χ4n) is 3.16. The summed E-state index contributed by atoms with van der Waals surface area (Å²) in [5.41, 5.74) is 0. The summed E-state index contributed by atoms with van der Waals surface area (Å²) in [6.07, 6.45) is 2.42. The quantitative estimate of drug-likeness (QED) is 0.779. The molecule has 0 radical (unpaired) electrons. The summed E-state index contributed by atoms with van der Waals surface area (Å²) in [5, 5.41) is 2.99. The van der Waals surface area contributed by atoms with Crippen molar-refractivity contribution in [3.63, 3.8) is 0 Å². The van der Waals surface area contributed by atoms with E-state index in [4.69, 9.17) is 4.74 Å². The molecule has 3 saturated heterocycles. The van der Waals surface area contributed by atoms with Gasteiger partial charge in [0.25, 0.3) is 0 Å². The third-order valence-electron chi connectivity index (χ3n) is 4.71. The first-order chi connectivity index (χ1) is 9.72. The van der Waals surface area contributed by atoms with Crippen molar-refractivity contribution in [3.8, 4) is 0 Å². The fraction of sp³-hybridized carbons (Fsp3) is 0.929. The van der Waals surface area contributed by atoms with Gasteiger partial charge in [-0.05, 0) is 19.9 Å². The Morgan fingerprint density at radius 3 is 2.65 bits per heavy atom. The van der Waals surface area contributed by atoms with Gasteiger partial charge in [0.15, 0.2) is 0 Å². The van der Waals surface area contributed by atoms with Crippen molar-refractivity contribution < 1.29 is 9.53 Å². The van der Waals surface area contributed by atoms with Crippen molar-refractivity contribution >= 4 is 6.03 Å². The molecule has 2 amide bonds. The maximum absolute atomic E-state index is 12.0. The molecular formula is C14H26N4O2. The molecule has 3 aliphatic heterocycles. The van der Waals surface area contributed by atoms with E-state index in [0.717, 1.165) is 58.7 Å². The normalized spacial score (nSPS) is 29.4. The van der Waals surface area contributed by atoms with Crippen LogP contribution in [0, 0.1) is 0 Å². The van der Waals surface area contributed by atoms with Gasteiger partial charge in [-0.2, -0.15) is 0 Å². The van der Waals surface area contributed by atoms with Crippen LogP contribution >= 0.6 is 0 Å². The molecule has 6 heteroatoms. The first-order valence-electron chi connectivity index (χ1n) is 7.79. The number of carbonyl (C=O) groups excluding carboxylic acids is 1. The van der Waals surface area contributed by atoms with Crippen LogP contribution in [-0.2, 0) is 4.74 Å². The number of likely N-dealkylation sites (N-methyl/N-ethyl adjacent to an activating group) is 1. The van der Waals surface area contributed by atoms with Crippen molar-refractivity contribution in [2.45, 2.75) is 25.0 Å². The standard InChI is InChI=1S/C14H26N4O2/c1-16-4-6-17(7-5-16)12-10-18(11-12)14(19)15-9-13-3-2-8-20-13/h12-13H,2-11H2,1H3,(H,15,19). The van der Waals surface area contributed by atoms with Crippen molar-refractivity contribution in [3.05, 3.63) is 0 Å². The van der Waals surface area contributed by atoms with Gasteiger partial charge < -0.3 is 19.9 Å². The molecule has 3 heterocycles. The molecule has 0 aliphatic carbocycles. The fourth-order valence-corrected chi connectivity index (χ4v) is 3.16. The van der Waals surface area contributed by atoms with Gasteiger partial charge in [0.1, 0.15) is 0 Å². The minimum Gasteiger partial charge on any atom is -0.376 e. The molecule has 3 aliphatic rings. The second kappa shape index (κ2) is 6.28. The van der Waals surface area contributed by atoms with E-state index in [1.807, 2.05) is 4.90 Å². The van der Waals surface area contributed by atoms with Crippen LogP contribution in [0.4, 0.5) is 4.79 Å². The van der Waals surface area contributed by atoms with Crippen LogP contribution in [0.5, 0.6) is 0 Å². The predicted octanol–water partition coefficient (Wildman–Crippen LogP) is -0.193. The number of hydrogen-bond donors (Lipinski definition) is 1. The lowest BCUT2D eigenvalue weighted by Gasteiger charge is -2.47. The molecule has 6 nitrogen and oxygen atoms in total. The highest BCUT2D eigenvalue weighted by atomic mass is 16.5. The maximum atomic E-state index is 12.0. The molecule has 0 saturated carbocycles. The Kier molecular flexibility index (Phi) is 4.43. The largest absolute Gasteiger partial charge is 0.376 e. The minimum absolute atomic E-state index is 0.0749. The first kappa shape index (κ1) is 14.1. The Morgan fingerprint density at radius 1 is 1.25 bits per heavy atom. The van der Waals surface area contributed by atoms with Crippen molar-refractivity contribution in [1.82, 2.24) is 20.0 Å². The van der Waals surface area contributed by atoms with Crippen molar-refractivity contribution in [2.24, 2.45) is 0 Å². The van der Waals surface area contributed by atoms with Gasteiger partial charge in [0, 0.05) is 58.5 Å². The lowest BCUT2D eigenvalue weighted by atomic mass is 10.1. The highest BCUT2D eigenvalue weighted by Gasteiger charge is 2.35. The van der Waals surface area contributed by atoms with Gasteiger partial charge in [-0.25, -0.2) is 4.79 Å². The van der Waals surface area contributed by atoms with Crippen LogP contribution in [0.15, 0.2) is 0 Å². The van der Waals surface area contributed by atoms with E-state index in [1.54, 1.807) is 0 Å². The number of rotatable bonds is 3. The lowest BCUT2D eigenvalue weighted by molar-refractivity contribution is 0.0274. The van der Waals surface area contributed by atoms with E-state index in [9.17, 15) is 4.79 Å². The van der Waals surface area contributed by atoms with E-state index in [1.165, 1.54) is 0 Å². The Labute approximate surface area is 121 Å². The van der Waals surface area contributed by atoms with Crippen molar-refractivity contribution in [1.29, 1.82) is 0 Å². The zero-order chi connectivity index (χ0) is 13.9. The highest BCUT2D eigenvalue weighted by molar-refractivity contribution is 5.75. The van der Waals surface area contributed by atoms with Gasteiger partial charge in [0.05, 0.1) is 6.10 Å². The lowest BCUT2D eigenvalue weighted by Crippen LogP contribution is -2.65. The van der Waals surface area contributed by atoms with Crippen LogP contribution in [0.3, 0.4) is 0 Å². The zero-order valence-electron chi connectivity index (χ0n) is 12.4. The molecule has 20 heavy (non-hydrogen) atoms. The number of hydrogen-bond acceptors (Lipinski definition) is 4. The zero-order valence-corrected chi connectivity index (χ0v) is 12.4. The molecule has 0 bridgehead atoms. The minimum atomic E-state index is 0.0749. The Bertz CT molecular complexity index is 332. The van der Waals surface area contributed by atoms with Gasteiger partial charge in [-0.3, -0.25) is 4.90 Å². The summed E-state index contributed by atoms with van der Waals surface area (Å²) in [7, 11) is 2.17. The SMILES string of the molecule is CN1CCN(C2CN(C(=O)NCC3CCCO3)C2)CC1. The van der Waals surface area contributed by atoms with Crippen LogP contribution < -0.4 is 5.32 Å². The summed E-state index contributed by atoms with van der Waals surface area (Å²) in [4.78, 5) is 18.8. The van der Waals surface area contributed by atoms with Gasteiger partial charge in [-0.15, -0.1) is 0 Å². The van der Waals surface area contributed by atoms with E-state index in [-0.39, 0.29) is 12.1 Å². The monoisotopic (exact) mass is 282 g/mol. The van der Waals surface area contributed by atoms with Gasteiger partial charge in [-0.1, -0.05) is 0 Å². The molecule has 3 rings (SSSR count). The third-order valence-corrected chi connectivity index (χ3v) is 4.71. The summed E-state index contributed by atoms with van der Waals surface area (Å²) in [5.74, 6) is 0. The van der Waals surface area contributed by atoms with Crippen LogP contribution in [0.1, 0.15) is 12.8 Å². The van der Waals surface area contributed by atoms with Crippen molar-refractivity contribution in [2.75, 3.05) is 59.5 Å². The summed E-state index contributed by atoms with van der Waals surface area (Å²) < 4.78 is 5.51. The number of urea groups is 1. The third kappa shape index (κ3) is 3.24. The van der Waals surface area contributed by atoms with E-state index in [2.05, 4.69) is 22.2 Å². The average molecular weight is 282 g/mol. The number of nitrogens with zero attached hydrogens (tertiary/aromatic N) is 3. The second-order valence-corrected chi connectivity index (χ2v) is 6.22. The van der Waals surface area contributed by atoms with Crippen LogP contribution in [0.25, 0.3) is 0 Å². The Balaban J connectivity index is 1.33. The molecular weight excluding hydrogens is 256 g/mol.